The number of halogens is 3. The van der Waals surface area contributed by atoms with Gasteiger partial charge in [0.15, 0.2) is 0 Å². The van der Waals surface area contributed by atoms with E-state index in [4.69, 9.17) is 0 Å². The predicted molar refractivity (Wildman–Crippen MR) is 24.1 cm³/mol. The molecule has 0 bridgehead atoms. The summed E-state index contributed by atoms with van der Waals surface area (Å²) >= 11 is 0. The summed E-state index contributed by atoms with van der Waals surface area (Å²) in [6.07, 6.45) is -3.55. The van der Waals surface area contributed by atoms with Gasteiger partial charge in [-0.2, -0.15) is 13.2 Å². The van der Waals surface area contributed by atoms with Gasteiger partial charge in [-0.25, -0.2) is 0 Å². The second kappa shape index (κ2) is 2.20. The summed E-state index contributed by atoms with van der Waals surface area (Å²) in [7, 11) is 0. The van der Waals surface area contributed by atoms with Crippen LogP contribution < -0.4 is 0 Å². The third kappa shape index (κ3) is 2.00. The van der Waals surface area contributed by atoms with Gasteiger partial charge >= 0.3 is 6.18 Å². The molecule has 3 heteroatoms. The Bertz CT molecular complexity index is 82.2. The quantitative estimate of drug-likeness (QED) is 0.501. The fourth-order valence-corrected chi connectivity index (χ4v) is 0.109. The fraction of sp³-hybridized carbons (Fsp3) is 0.600. The molecule has 0 aliphatic carbocycles. The van der Waals surface area contributed by atoms with E-state index in [9.17, 15) is 13.2 Å². The van der Waals surface area contributed by atoms with Crippen molar-refractivity contribution >= 4 is 0 Å². The molecule has 1 radical (unpaired) electrons. The van der Waals surface area contributed by atoms with E-state index < -0.39 is 12.1 Å². The van der Waals surface area contributed by atoms with E-state index in [1.165, 1.54) is 0 Å². The summed E-state index contributed by atoms with van der Waals surface area (Å²) in [6.45, 7) is 5.61. The predicted octanol–water partition coefficient (Wildman–Crippen LogP) is 2.17. The topological polar surface area (TPSA) is 0 Å². The number of hydrogen-bond donors (Lipinski definition) is 0. The smallest absolute Gasteiger partial charge is 0.170 e. The molecule has 0 amide bonds. The van der Waals surface area contributed by atoms with Gasteiger partial charge in [-0.1, -0.05) is 19.6 Å². The van der Waals surface area contributed by atoms with Crippen LogP contribution in [0.3, 0.4) is 0 Å². The van der Waals surface area contributed by atoms with Crippen LogP contribution in [-0.4, -0.2) is 6.18 Å². The molecule has 1 atom stereocenters. The highest BCUT2D eigenvalue weighted by Crippen LogP contribution is 2.25. The number of rotatable bonds is 1. The molecule has 1 unspecified atom stereocenters. The van der Waals surface area contributed by atoms with Crippen molar-refractivity contribution in [3.8, 4) is 0 Å². The van der Waals surface area contributed by atoms with Gasteiger partial charge in [-0.05, 0) is 0 Å². The molecule has 0 nitrogen and oxygen atoms in total. The van der Waals surface area contributed by atoms with Crippen LogP contribution in [0.2, 0.25) is 0 Å². The molecule has 0 N–H and O–H groups in total. The minimum atomic E-state index is -4.17. The van der Waals surface area contributed by atoms with Crippen LogP contribution in [-0.2, 0) is 0 Å². The first-order chi connectivity index (χ1) is 3.48. The van der Waals surface area contributed by atoms with Crippen molar-refractivity contribution in [2.75, 3.05) is 0 Å². The zero-order valence-corrected chi connectivity index (χ0v) is 4.37. The third-order valence-corrected chi connectivity index (χ3v) is 0.805. The van der Waals surface area contributed by atoms with Crippen LogP contribution in [0, 0.1) is 12.5 Å². The first-order valence-electron chi connectivity index (χ1n) is 2.10. The highest BCUT2D eigenvalue weighted by atomic mass is 19.4. The van der Waals surface area contributed by atoms with E-state index in [0.29, 0.717) is 6.08 Å². The van der Waals surface area contributed by atoms with Gasteiger partial charge < -0.3 is 0 Å². The lowest BCUT2D eigenvalue weighted by molar-refractivity contribution is -0.156. The highest BCUT2D eigenvalue weighted by Gasteiger charge is 2.33. The maximum atomic E-state index is 11.3. The van der Waals surface area contributed by atoms with Crippen LogP contribution in [0.15, 0.2) is 6.08 Å². The fourth-order valence-electron chi connectivity index (χ4n) is 0.109. The summed E-state index contributed by atoms with van der Waals surface area (Å²) in [5.41, 5.74) is 0. The SMILES string of the molecule is [CH]=CC(C)C(F)(F)F. The van der Waals surface area contributed by atoms with Crippen molar-refractivity contribution < 1.29 is 13.2 Å². The maximum Gasteiger partial charge on any atom is 0.394 e. The van der Waals surface area contributed by atoms with Crippen molar-refractivity contribution in [3.05, 3.63) is 12.7 Å². The van der Waals surface area contributed by atoms with Gasteiger partial charge in [0.2, 0.25) is 0 Å². The Kier molecular flexibility index (Phi) is 2.07. The van der Waals surface area contributed by atoms with Crippen LogP contribution in [0.25, 0.3) is 0 Å². The van der Waals surface area contributed by atoms with Crippen molar-refractivity contribution in [3.63, 3.8) is 0 Å². The minimum absolute atomic E-state index is 0.625. The van der Waals surface area contributed by atoms with Crippen LogP contribution in [0.5, 0.6) is 0 Å². The van der Waals surface area contributed by atoms with Gasteiger partial charge in [0.1, 0.15) is 0 Å². The average molecular weight is 123 g/mol. The summed E-state index contributed by atoms with van der Waals surface area (Å²) in [5.74, 6) is -1.50. The first kappa shape index (κ1) is 7.53. The summed E-state index contributed by atoms with van der Waals surface area (Å²) in [5, 5.41) is 0. The Balaban J connectivity index is 3.80. The van der Waals surface area contributed by atoms with E-state index in [2.05, 4.69) is 6.58 Å². The Morgan fingerprint density at radius 3 is 1.88 bits per heavy atom. The van der Waals surface area contributed by atoms with Gasteiger partial charge in [0, 0.05) is 0 Å². The summed E-state index contributed by atoms with van der Waals surface area (Å²) in [4.78, 5) is 0. The van der Waals surface area contributed by atoms with Crippen LogP contribution >= 0.6 is 0 Å². The molecular weight excluding hydrogens is 117 g/mol. The Hall–Kier alpha value is -0.470. The lowest BCUT2D eigenvalue weighted by Crippen LogP contribution is -2.16. The van der Waals surface area contributed by atoms with E-state index in [0.717, 1.165) is 6.92 Å². The van der Waals surface area contributed by atoms with Crippen molar-refractivity contribution in [2.45, 2.75) is 13.1 Å². The second-order valence-corrected chi connectivity index (χ2v) is 1.52. The molecule has 0 fully saturated rings. The standard InChI is InChI=1S/C5H6F3/c1-3-4(2)5(6,7)8/h1,3-4H,2H3. The molecule has 0 saturated carbocycles. The summed E-state index contributed by atoms with van der Waals surface area (Å²) < 4.78 is 34.0. The van der Waals surface area contributed by atoms with Crippen molar-refractivity contribution in [1.29, 1.82) is 0 Å². The molecule has 47 valence electrons. The maximum absolute atomic E-state index is 11.3. The molecular formula is C5H6F3. The molecule has 0 aliphatic heterocycles. The Morgan fingerprint density at radius 1 is 1.50 bits per heavy atom. The average Bonchev–Trinajstić information content (AvgIpc) is 1.62. The first-order valence-corrected chi connectivity index (χ1v) is 2.10. The molecule has 0 aromatic heterocycles. The molecule has 0 aliphatic rings. The third-order valence-electron chi connectivity index (χ3n) is 0.805. The highest BCUT2D eigenvalue weighted by molar-refractivity contribution is 4.77. The lowest BCUT2D eigenvalue weighted by atomic mass is 10.2. The monoisotopic (exact) mass is 123 g/mol. The number of allylic oxidation sites excluding steroid dienone is 1. The number of alkyl halides is 3. The molecule has 0 aromatic rings. The van der Waals surface area contributed by atoms with Crippen molar-refractivity contribution in [2.24, 2.45) is 5.92 Å². The molecule has 0 saturated heterocycles. The van der Waals surface area contributed by atoms with E-state index in [1.54, 1.807) is 0 Å². The summed E-state index contributed by atoms with van der Waals surface area (Å²) in [6, 6.07) is 0. The van der Waals surface area contributed by atoms with Gasteiger partial charge in [-0.3, -0.25) is 0 Å². The van der Waals surface area contributed by atoms with E-state index >= 15 is 0 Å². The largest absolute Gasteiger partial charge is 0.394 e. The normalized spacial score (nSPS) is 15.5. The lowest BCUT2D eigenvalue weighted by Gasteiger charge is -2.08. The molecule has 0 spiro atoms. The number of hydrogen-bond acceptors (Lipinski definition) is 0. The van der Waals surface area contributed by atoms with Crippen LogP contribution in [0.1, 0.15) is 6.92 Å². The van der Waals surface area contributed by atoms with Crippen molar-refractivity contribution in [1.82, 2.24) is 0 Å². The van der Waals surface area contributed by atoms with E-state index in [1.807, 2.05) is 0 Å². The second-order valence-electron chi connectivity index (χ2n) is 1.52. The molecule has 8 heavy (non-hydrogen) atoms. The minimum Gasteiger partial charge on any atom is -0.170 e. The molecule has 0 heterocycles. The Morgan fingerprint density at radius 2 is 1.88 bits per heavy atom. The van der Waals surface area contributed by atoms with Gasteiger partial charge in [0.25, 0.3) is 0 Å². The zero-order valence-electron chi connectivity index (χ0n) is 4.37. The van der Waals surface area contributed by atoms with E-state index in [-0.39, 0.29) is 0 Å². The molecule has 0 rings (SSSR count). The molecule has 0 aromatic carbocycles. The Labute approximate surface area is 46.0 Å². The zero-order chi connectivity index (χ0) is 6.78. The van der Waals surface area contributed by atoms with Gasteiger partial charge in [-0.15, -0.1) is 0 Å². The van der Waals surface area contributed by atoms with Crippen LogP contribution in [0.4, 0.5) is 13.2 Å². The van der Waals surface area contributed by atoms with Gasteiger partial charge in [0.05, 0.1) is 5.92 Å².